The predicted molar refractivity (Wildman–Crippen MR) is 108 cm³/mol. The minimum Gasteiger partial charge on any atom is -0.492 e. The third-order valence-electron chi connectivity index (χ3n) is 3.83. The first-order valence-electron chi connectivity index (χ1n) is 8.37. The van der Waals surface area contributed by atoms with E-state index in [1.165, 1.54) is 0 Å². The summed E-state index contributed by atoms with van der Waals surface area (Å²) in [6, 6.07) is 12.4. The molecule has 0 unspecified atom stereocenters. The number of nitrogens with one attached hydrogen (secondary N) is 1. The lowest BCUT2D eigenvalue weighted by Gasteiger charge is -2.24. The maximum Gasteiger partial charge on any atom is 0.240 e. The molecule has 0 fully saturated rings. The normalized spacial score (nSPS) is 11.1. The van der Waals surface area contributed by atoms with Crippen molar-refractivity contribution in [2.45, 2.75) is 13.8 Å². The highest BCUT2D eigenvalue weighted by Gasteiger charge is 2.22. The number of carbonyl (C=O) groups excluding carboxylic acids is 1. The fourth-order valence-electron chi connectivity index (χ4n) is 2.45. The molecule has 0 saturated heterocycles. The van der Waals surface area contributed by atoms with Gasteiger partial charge in [-0.1, -0.05) is 23.7 Å². The number of ether oxygens (including phenoxy) is 1. The van der Waals surface area contributed by atoms with Crippen LogP contribution in [0.2, 0.25) is 5.02 Å². The molecule has 0 atom stereocenters. The first-order chi connectivity index (χ1) is 12.7. The largest absolute Gasteiger partial charge is 0.492 e. The van der Waals surface area contributed by atoms with Gasteiger partial charge in [-0.2, -0.15) is 0 Å². The third-order valence-corrected chi connectivity index (χ3v) is 5.21. The minimum absolute atomic E-state index is 0.256. The molecule has 2 rings (SSSR count). The predicted octanol–water partition coefficient (Wildman–Crippen LogP) is 2.92. The maximum atomic E-state index is 12.2. The van der Waals surface area contributed by atoms with Crippen LogP contribution in [0.15, 0.2) is 42.5 Å². The van der Waals surface area contributed by atoms with Crippen LogP contribution in [0.4, 0.5) is 5.69 Å². The molecule has 1 N–H and O–H groups in total. The summed E-state index contributed by atoms with van der Waals surface area (Å²) in [5.41, 5.74) is 2.20. The molecule has 0 aliphatic rings. The molecular formula is C19H23ClN2O4S. The second kappa shape index (κ2) is 9.10. The Bertz CT molecular complexity index is 898. The van der Waals surface area contributed by atoms with Gasteiger partial charge in [-0.25, -0.2) is 8.42 Å². The first-order valence-corrected chi connectivity index (χ1v) is 10.6. The Balaban J connectivity index is 1.94. The number of amides is 1. The van der Waals surface area contributed by atoms with Crippen molar-refractivity contribution in [3.63, 3.8) is 0 Å². The average molecular weight is 411 g/mol. The van der Waals surface area contributed by atoms with E-state index in [1.54, 1.807) is 30.3 Å². The summed E-state index contributed by atoms with van der Waals surface area (Å²) in [6.45, 7) is 3.91. The fourth-order valence-corrected chi connectivity index (χ4v) is 3.48. The summed E-state index contributed by atoms with van der Waals surface area (Å²) in [5.74, 6) is 0.239. The second-order valence-corrected chi connectivity index (χ2v) is 8.56. The number of rotatable bonds is 8. The Kier molecular flexibility index (Phi) is 7.10. The zero-order valence-corrected chi connectivity index (χ0v) is 17.1. The van der Waals surface area contributed by atoms with E-state index in [-0.39, 0.29) is 19.7 Å². The standard InChI is InChI=1S/C19H23ClN2O4S/c1-14-4-5-15(2)18(12-14)22(27(3,24)25)13-19(23)21-10-11-26-17-8-6-16(20)7-9-17/h4-9,12H,10-11,13H2,1-3H3,(H,21,23). The van der Waals surface area contributed by atoms with Crippen molar-refractivity contribution in [2.24, 2.45) is 0 Å². The Morgan fingerprint density at radius 2 is 1.81 bits per heavy atom. The molecule has 0 aliphatic heterocycles. The van der Waals surface area contributed by atoms with Gasteiger partial charge in [0.15, 0.2) is 0 Å². The molecule has 0 spiro atoms. The molecular weight excluding hydrogens is 388 g/mol. The summed E-state index contributed by atoms with van der Waals surface area (Å²) >= 11 is 5.80. The van der Waals surface area contributed by atoms with Crippen molar-refractivity contribution in [1.29, 1.82) is 0 Å². The molecule has 0 aromatic heterocycles. The van der Waals surface area contributed by atoms with E-state index >= 15 is 0 Å². The quantitative estimate of drug-likeness (QED) is 0.679. The third kappa shape index (κ3) is 6.45. The van der Waals surface area contributed by atoms with Crippen molar-refractivity contribution in [3.05, 3.63) is 58.6 Å². The van der Waals surface area contributed by atoms with E-state index in [4.69, 9.17) is 16.3 Å². The Labute approximate surface area is 165 Å². The highest BCUT2D eigenvalue weighted by molar-refractivity contribution is 7.92. The highest BCUT2D eigenvalue weighted by Crippen LogP contribution is 2.23. The smallest absolute Gasteiger partial charge is 0.240 e. The molecule has 0 heterocycles. The van der Waals surface area contributed by atoms with Crippen molar-refractivity contribution in [1.82, 2.24) is 5.32 Å². The van der Waals surface area contributed by atoms with Crippen molar-refractivity contribution in [3.8, 4) is 5.75 Å². The van der Waals surface area contributed by atoms with Crippen LogP contribution >= 0.6 is 11.6 Å². The van der Waals surface area contributed by atoms with Gasteiger partial charge in [-0.05, 0) is 55.3 Å². The number of benzene rings is 2. The van der Waals surface area contributed by atoms with E-state index in [0.29, 0.717) is 16.5 Å². The SMILES string of the molecule is Cc1ccc(C)c(N(CC(=O)NCCOc2ccc(Cl)cc2)S(C)(=O)=O)c1. The lowest BCUT2D eigenvalue weighted by atomic mass is 10.1. The van der Waals surface area contributed by atoms with Gasteiger partial charge in [0.2, 0.25) is 15.9 Å². The molecule has 0 radical (unpaired) electrons. The average Bonchev–Trinajstić information content (AvgIpc) is 2.59. The molecule has 8 heteroatoms. The van der Waals surface area contributed by atoms with Crippen molar-refractivity contribution < 1.29 is 17.9 Å². The zero-order chi connectivity index (χ0) is 20.0. The van der Waals surface area contributed by atoms with Gasteiger partial charge in [0.25, 0.3) is 0 Å². The minimum atomic E-state index is -3.60. The number of carbonyl (C=O) groups is 1. The van der Waals surface area contributed by atoms with Crippen LogP contribution in [0.1, 0.15) is 11.1 Å². The summed E-state index contributed by atoms with van der Waals surface area (Å²) < 4.78 is 31.0. The Morgan fingerprint density at radius 3 is 2.44 bits per heavy atom. The first kappa shape index (κ1) is 21.1. The number of halogens is 1. The van der Waals surface area contributed by atoms with E-state index < -0.39 is 15.9 Å². The summed E-state index contributed by atoms with van der Waals surface area (Å²) in [6.07, 6.45) is 1.09. The molecule has 2 aromatic rings. The highest BCUT2D eigenvalue weighted by atomic mass is 35.5. The number of aryl methyl sites for hydroxylation is 2. The van der Waals surface area contributed by atoms with Crippen LogP contribution in [0, 0.1) is 13.8 Å². The van der Waals surface area contributed by atoms with Crippen LogP contribution < -0.4 is 14.4 Å². The topological polar surface area (TPSA) is 75.7 Å². The fraction of sp³-hybridized carbons (Fsp3) is 0.316. The van der Waals surface area contributed by atoms with Crippen molar-refractivity contribution >= 4 is 33.2 Å². The summed E-state index contributed by atoms with van der Waals surface area (Å²) in [4.78, 5) is 12.2. The number of hydrogen-bond donors (Lipinski definition) is 1. The number of sulfonamides is 1. The van der Waals surface area contributed by atoms with E-state index in [9.17, 15) is 13.2 Å². The lowest BCUT2D eigenvalue weighted by Crippen LogP contribution is -2.41. The van der Waals surface area contributed by atoms with Gasteiger partial charge in [-0.3, -0.25) is 9.10 Å². The molecule has 1 amide bonds. The molecule has 0 bridgehead atoms. The van der Waals surface area contributed by atoms with Crippen LogP contribution in [0.25, 0.3) is 0 Å². The molecule has 6 nitrogen and oxygen atoms in total. The van der Waals surface area contributed by atoms with Crippen LogP contribution in [-0.2, 0) is 14.8 Å². The monoisotopic (exact) mass is 410 g/mol. The zero-order valence-electron chi connectivity index (χ0n) is 15.5. The number of anilines is 1. The molecule has 146 valence electrons. The van der Waals surface area contributed by atoms with E-state index in [2.05, 4.69) is 5.32 Å². The number of nitrogens with zero attached hydrogens (tertiary/aromatic N) is 1. The van der Waals surface area contributed by atoms with Crippen LogP contribution in [-0.4, -0.2) is 40.3 Å². The van der Waals surface area contributed by atoms with E-state index in [1.807, 2.05) is 26.0 Å². The van der Waals surface area contributed by atoms with Gasteiger partial charge in [0.1, 0.15) is 18.9 Å². The maximum absolute atomic E-state index is 12.2. The van der Waals surface area contributed by atoms with Gasteiger partial charge in [0.05, 0.1) is 18.5 Å². The second-order valence-electron chi connectivity index (χ2n) is 6.21. The van der Waals surface area contributed by atoms with Gasteiger partial charge >= 0.3 is 0 Å². The molecule has 0 aliphatic carbocycles. The van der Waals surface area contributed by atoms with Crippen LogP contribution in [0.3, 0.4) is 0 Å². The Morgan fingerprint density at radius 1 is 1.15 bits per heavy atom. The van der Waals surface area contributed by atoms with Gasteiger partial charge in [-0.15, -0.1) is 0 Å². The van der Waals surface area contributed by atoms with Gasteiger partial charge < -0.3 is 10.1 Å². The molecule has 0 saturated carbocycles. The van der Waals surface area contributed by atoms with E-state index in [0.717, 1.165) is 21.7 Å². The summed E-state index contributed by atoms with van der Waals surface area (Å²) in [5, 5.41) is 3.29. The number of hydrogen-bond acceptors (Lipinski definition) is 4. The molecule has 27 heavy (non-hydrogen) atoms. The molecule has 2 aromatic carbocycles. The lowest BCUT2D eigenvalue weighted by molar-refractivity contribution is -0.119. The Hall–Kier alpha value is -2.25. The summed E-state index contributed by atoms with van der Waals surface area (Å²) in [7, 11) is -3.60. The van der Waals surface area contributed by atoms with Crippen LogP contribution in [0.5, 0.6) is 5.75 Å². The van der Waals surface area contributed by atoms with Crippen molar-refractivity contribution in [2.75, 3.05) is 30.3 Å². The van der Waals surface area contributed by atoms with Gasteiger partial charge in [0, 0.05) is 5.02 Å².